The van der Waals surface area contributed by atoms with Crippen molar-refractivity contribution < 1.29 is 19.8 Å². The van der Waals surface area contributed by atoms with Crippen molar-refractivity contribution in [1.82, 2.24) is 9.88 Å². The number of rotatable bonds is 5. The number of nitrogens with zero attached hydrogens (tertiary/aromatic N) is 1. The van der Waals surface area contributed by atoms with Gasteiger partial charge in [-0.2, -0.15) is 0 Å². The molecule has 0 aliphatic heterocycles. The zero-order chi connectivity index (χ0) is 14.6. The Balaban J connectivity index is 2.97. The lowest BCUT2D eigenvalue weighted by Gasteiger charge is -2.11. The van der Waals surface area contributed by atoms with Gasteiger partial charge in [-0.25, -0.2) is 4.79 Å². The van der Waals surface area contributed by atoms with Crippen molar-refractivity contribution in [3.63, 3.8) is 0 Å². The highest BCUT2D eigenvalue weighted by Gasteiger charge is 2.15. The molecular weight excluding hydrogens is 252 g/mol. The van der Waals surface area contributed by atoms with Crippen LogP contribution in [0.3, 0.4) is 0 Å². The van der Waals surface area contributed by atoms with Gasteiger partial charge < -0.3 is 15.5 Å². The second-order valence-electron chi connectivity index (χ2n) is 4.53. The fourth-order valence-electron chi connectivity index (χ4n) is 1.44. The van der Waals surface area contributed by atoms with Crippen LogP contribution < -0.4 is 10.9 Å². The average molecular weight is 268 g/mol. The molecule has 19 heavy (non-hydrogen) atoms. The molecule has 0 fully saturated rings. The number of nitrogens with one attached hydrogen (secondary N) is 1. The van der Waals surface area contributed by atoms with E-state index >= 15 is 0 Å². The number of hydrogen-bond acceptors (Lipinski definition) is 4. The summed E-state index contributed by atoms with van der Waals surface area (Å²) in [6.45, 7) is 3.87. The number of aromatic nitrogens is 1. The van der Waals surface area contributed by atoms with Crippen LogP contribution in [0.1, 0.15) is 24.3 Å². The molecule has 0 saturated heterocycles. The normalized spacial score (nSPS) is 10.5. The summed E-state index contributed by atoms with van der Waals surface area (Å²) in [4.78, 5) is 34.2. The van der Waals surface area contributed by atoms with Crippen molar-refractivity contribution in [2.75, 3.05) is 6.54 Å². The molecule has 0 aliphatic carbocycles. The smallest absolute Gasteiger partial charge is 0.352 e. The fraction of sp³-hybridized carbons (Fsp3) is 0.417. The molecule has 7 nitrogen and oxygen atoms in total. The van der Waals surface area contributed by atoms with E-state index in [9.17, 15) is 19.5 Å². The standard InChI is InChI=1S/C12H16N2O5/c1-7(2)5-13-10(16)6-14-9(12(18)19)3-8(15)4-11(14)17/h3-4,7,15H,5-6H2,1-2H3,(H,13,16)(H,18,19). The van der Waals surface area contributed by atoms with E-state index in [1.165, 1.54) is 0 Å². The van der Waals surface area contributed by atoms with Crippen LogP contribution in [-0.2, 0) is 11.3 Å². The number of carboxylic acid groups (broad SMARTS) is 1. The van der Waals surface area contributed by atoms with Gasteiger partial charge in [-0.05, 0) is 5.92 Å². The molecule has 0 atom stereocenters. The molecule has 1 aromatic rings. The predicted molar refractivity (Wildman–Crippen MR) is 67.2 cm³/mol. The van der Waals surface area contributed by atoms with Crippen LogP contribution in [0, 0.1) is 5.92 Å². The van der Waals surface area contributed by atoms with Gasteiger partial charge in [-0.1, -0.05) is 13.8 Å². The molecule has 0 aromatic carbocycles. The van der Waals surface area contributed by atoms with Crippen LogP contribution in [0.4, 0.5) is 0 Å². The van der Waals surface area contributed by atoms with Crippen molar-refractivity contribution in [1.29, 1.82) is 0 Å². The summed E-state index contributed by atoms with van der Waals surface area (Å²) < 4.78 is 0.803. The molecule has 1 amide bonds. The molecule has 0 unspecified atom stereocenters. The Morgan fingerprint density at radius 1 is 1.37 bits per heavy atom. The lowest BCUT2D eigenvalue weighted by Crippen LogP contribution is -2.35. The molecule has 104 valence electrons. The predicted octanol–water partition coefficient (Wildman–Crippen LogP) is 0.0243. The van der Waals surface area contributed by atoms with Crippen molar-refractivity contribution in [2.45, 2.75) is 20.4 Å². The van der Waals surface area contributed by atoms with Crippen LogP contribution in [0.15, 0.2) is 16.9 Å². The number of aromatic carboxylic acids is 1. The molecular formula is C12H16N2O5. The lowest BCUT2D eigenvalue weighted by atomic mass is 10.2. The van der Waals surface area contributed by atoms with Crippen LogP contribution >= 0.6 is 0 Å². The van der Waals surface area contributed by atoms with E-state index in [1.807, 2.05) is 13.8 Å². The van der Waals surface area contributed by atoms with Gasteiger partial charge in [-0.3, -0.25) is 14.2 Å². The van der Waals surface area contributed by atoms with Crippen LogP contribution in [0.25, 0.3) is 0 Å². The summed E-state index contributed by atoms with van der Waals surface area (Å²) in [5, 5.41) is 20.7. The number of aromatic hydroxyl groups is 1. The SMILES string of the molecule is CC(C)CNC(=O)Cn1c(C(=O)O)cc(O)cc1=O. The van der Waals surface area contributed by atoms with Crippen molar-refractivity contribution in [2.24, 2.45) is 5.92 Å². The lowest BCUT2D eigenvalue weighted by molar-refractivity contribution is -0.121. The maximum Gasteiger partial charge on any atom is 0.352 e. The zero-order valence-corrected chi connectivity index (χ0v) is 10.7. The van der Waals surface area contributed by atoms with E-state index in [2.05, 4.69) is 5.32 Å². The summed E-state index contributed by atoms with van der Waals surface area (Å²) in [6, 6.07) is 1.79. The number of pyridine rings is 1. The van der Waals surface area contributed by atoms with Crippen molar-refractivity contribution in [3.05, 3.63) is 28.2 Å². The maximum absolute atomic E-state index is 11.6. The minimum absolute atomic E-state index is 0.249. The van der Waals surface area contributed by atoms with Crippen LogP contribution in [0.2, 0.25) is 0 Å². The molecule has 0 spiro atoms. The van der Waals surface area contributed by atoms with Gasteiger partial charge >= 0.3 is 5.97 Å². The minimum atomic E-state index is -1.38. The van der Waals surface area contributed by atoms with Gasteiger partial charge in [0.1, 0.15) is 18.0 Å². The Labute approximate surface area is 109 Å². The number of carbonyl (C=O) groups excluding carboxylic acids is 1. The minimum Gasteiger partial charge on any atom is -0.508 e. The molecule has 3 N–H and O–H groups in total. The summed E-state index contributed by atoms with van der Waals surface area (Å²) in [5.74, 6) is -2.03. The van der Waals surface area contributed by atoms with E-state index in [0.29, 0.717) is 6.54 Å². The van der Waals surface area contributed by atoms with E-state index in [4.69, 9.17) is 5.11 Å². The summed E-state index contributed by atoms with van der Waals surface area (Å²) in [6.07, 6.45) is 0. The first kappa shape index (κ1) is 14.7. The fourth-order valence-corrected chi connectivity index (χ4v) is 1.44. The third-order valence-electron chi connectivity index (χ3n) is 2.34. The third kappa shape index (κ3) is 4.13. The summed E-state index contributed by atoms with van der Waals surface area (Å²) >= 11 is 0. The van der Waals surface area contributed by atoms with E-state index in [0.717, 1.165) is 16.7 Å². The topological polar surface area (TPSA) is 109 Å². The maximum atomic E-state index is 11.6. The second kappa shape index (κ2) is 6.03. The summed E-state index contributed by atoms with van der Waals surface area (Å²) in [7, 11) is 0. The van der Waals surface area contributed by atoms with Crippen LogP contribution in [-0.4, -0.2) is 33.2 Å². The number of carbonyl (C=O) groups is 2. The van der Waals surface area contributed by atoms with E-state index < -0.39 is 35.4 Å². The molecule has 0 aliphatic rings. The van der Waals surface area contributed by atoms with Gasteiger partial charge in [0, 0.05) is 18.7 Å². The molecule has 1 aromatic heterocycles. The highest BCUT2D eigenvalue weighted by molar-refractivity contribution is 5.87. The molecule has 7 heteroatoms. The first-order valence-electron chi connectivity index (χ1n) is 5.75. The molecule has 1 heterocycles. The first-order valence-corrected chi connectivity index (χ1v) is 5.75. The van der Waals surface area contributed by atoms with Gasteiger partial charge in [0.2, 0.25) is 5.91 Å². The highest BCUT2D eigenvalue weighted by Crippen LogP contribution is 2.08. The van der Waals surface area contributed by atoms with Crippen LogP contribution in [0.5, 0.6) is 5.75 Å². The largest absolute Gasteiger partial charge is 0.508 e. The Morgan fingerprint density at radius 3 is 2.53 bits per heavy atom. The quantitative estimate of drug-likeness (QED) is 0.697. The number of amides is 1. The Morgan fingerprint density at radius 2 is 2.00 bits per heavy atom. The van der Waals surface area contributed by atoms with E-state index in [1.54, 1.807) is 0 Å². The molecule has 0 saturated carbocycles. The number of carboxylic acids is 1. The molecule has 1 rings (SSSR count). The second-order valence-corrected chi connectivity index (χ2v) is 4.53. The van der Waals surface area contributed by atoms with Gasteiger partial charge in [0.25, 0.3) is 5.56 Å². The summed E-state index contributed by atoms with van der Waals surface area (Å²) in [5.41, 5.74) is -1.17. The van der Waals surface area contributed by atoms with Crippen molar-refractivity contribution >= 4 is 11.9 Å². The Bertz CT molecular complexity index is 548. The van der Waals surface area contributed by atoms with Crippen molar-refractivity contribution in [3.8, 4) is 5.75 Å². The molecule has 0 bridgehead atoms. The Hall–Kier alpha value is -2.31. The average Bonchev–Trinajstić information content (AvgIpc) is 2.29. The van der Waals surface area contributed by atoms with Gasteiger partial charge in [0.05, 0.1) is 0 Å². The van der Waals surface area contributed by atoms with Gasteiger partial charge in [-0.15, -0.1) is 0 Å². The van der Waals surface area contributed by atoms with Gasteiger partial charge in [0.15, 0.2) is 0 Å². The third-order valence-corrected chi connectivity index (χ3v) is 2.34. The zero-order valence-electron chi connectivity index (χ0n) is 10.7. The Kier molecular flexibility index (Phi) is 4.68. The monoisotopic (exact) mass is 268 g/mol. The first-order chi connectivity index (χ1) is 8.81. The highest BCUT2D eigenvalue weighted by atomic mass is 16.4. The molecule has 0 radical (unpaired) electrons. The van der Waals surface area contributed by atoms with E-state index in [-0.39, 0.29) is 5.92 Å². The number of hydrogen-bond donors (Lipinski definition) is 3.